The van der Waals surface area contributed by atoms with Crippen LogP contribution in [0.25, 0.3) is 33.6 Å². The molecule has 0 aliphatic rings. The minimum atomic E-state index is 0.140. The van der Waals surface area contributed by atoms with Gasteiger partial charge in [0.2, 0.25) is 5.91 Å². The molecule has 4 rings (SSSR count). The van der Waals surface area contributed by atoms with Crippen molar-refractivity contribution in [3.8, 4) is 33.6 Å². The Morgan fingerprint density at radius 1 is 0.756 bits per heavy atom. The van der Waals surface area contributed by atoms with Crippen molar-refractivity contribution in [2.45, 2.75) is 60.0 Å². The number of aromatic nitrogens is 4. The first-order chi connectivity index (χ1) is 19.7. The van der Waals surface area contributed by atoms with Crippen LogP contribution in [0.3, 0.4) is 0 Å². The van der Waals surface area contributed by atoms with E-state index in [1.54, 1.807) is 0 Å². The van der Waals surface area contributed by atoms with Crippen molar-refractivity contribution in [3.63, 3.8) is 0 Å². The number of rotatable bonds is 13. The quantitative estimate of drug-likeness (QED) is 0.164. The van der Waals surface area contributed by atoms with E-state index < -0.39 is 0 Å². The topological polar surface area (TPSA) is 80.9 Å². The molecule has 0 spiro atoms. The molecule has 2 aromatic carbocycles. The normalized spacial score (nSPS) is 11.5. The number of hydrogen-bond donors (Lipinski definition) is 2. The summed E-state index contributed by atoms with van der Waals surface area (Å²) in [5.41, 5.74) is 5.50. The largest absolute Gasteiger partial charge is 0.335 e. The van der Waals surface area contributed by atoms with Gasteiger partial charge < -0.3 is 14.9 Å². The van der Waals surface area contributed by atoms with Gasteiger partial charge >= 0.3 is 0 Å². The lowest BCUT2D eigenvalue weighted by molar-refractivity contribution is -0.132. The van der Waals surface area contributed by atoms with Crippen molar-refractivity contribution in [3.05, 3.63) is 70.5 Å². The number of imidazole rings is 2. The zero-order chi connectivity index (χ0) is 29.5. The fourth-order valence-electron chi connectivity index (χ4n) is 4.91. The van der Waals surface area contributed by atoms with Gasteiger partial charge in [0.05, 0.1) is 13.1 Å². The van der Waals surface area contributed by atoms with Gasteiger partial charge in [-0.1, -0.05) is 99.4 Å². The summed E-state index contributed by atoms with van der Waals surface area (Å²) in [6.07, 6.45) is 2.50. The maximum absolute atomic E-state index is 12.7. The Morgan fingerprint density at radius 2 is 1.20 bits per heavy atom. The second kappa shape index (κ2) is 14.2. The molecule has 0 aliphatic carbocycles. The van der Waals surface area contributed by atoms with Crippen molar-refractivity contribution in [2.75, 3.05) is 20.1 Å². The lowest BCUT2D eigenvalue weighted by Gasteiger charge is -2.22. The van der Waals surface area contributed by atoms with Gasteiger partial charge in [-0.05, 0) is 43.5 Å². The molecule has 2 heterocycles. The van der Waals surface area contributed by atoms with Gasteiger partial charge in [0.15, 0.2) is 0 Å². The van der Waals surface area contributed by atoms with Crippen molar-refractivity contribution in [2.24, 2.45) is 5.92 Å². The van der Waals surface area contributed by atoms with Crippen LogP contribution in [-0.2, 0) is 17.9 Å². The van der Waals surface area contributed by atoms with Crippen LogP contribution in [0.2, 0.25) is 10.3 Å². The third kappa shape index (κ3) is 8.00. The second-order valence-corrected chi connectivity index (χ2v) is 11.8. The first kappa shape index (κ1) is 30.8. The van der Waals surface area contributed by atoms with Crippen LogP contribution < -0.4 is 0 Å². The fraction of sp³-hybridized carbons (Fsp3) is 0.406. The Labute approximate surface area is 253 Å². The minimum Gasteiger partial charge on any atom is -0.335 e. The summed E-state index contributed by atoms with van der Waals surface area (Å²) in [6.45, 7) is 11.2. The highest BCUT2D eigenvalue weighted by atomic mass is 35.5. The Bertz CT molecular complexity index is 1430. The molecule has 0 bridgehead atoms. The second-order valence-electron chi connectivity index (χ2n) is 11.0. The molecule has 0 radical (unpaired) electrons. The highest BCUT2D eigenvalue weighted by Gasteiger charge is 2.18. The Kier molecular flexibility index (Phi) is 10.6. The molecule has 9 heteroatoms. The van der Waals surface area contributed by atoms with E-state index in [1.807, 2.05) is 29.2 Å². The lowest BCUT2D eigenvalue weighted by atomic mass is 10.0. The van der Waals surface area contributed by atoms with Crippen LogP contribution in [0.4, 0.5) is 0 Å². The van der Waals surface area contributed by atoms with Gasteiger partial charge in [0, 0.05) is 24.1 Å². The first-order valence-corrected chi connectivity index (χ1v) is 15.1. The molecule has 0 atom stereocenters. The van der Waals surface area contributed by atoms with Crippen LogP contribution >= 0.6 is 23.2 Å². The van der Waals surface area contributed by atoms with Gasteiger partial charge in [-0.25, -0.2) is 9.97 Å². The predicted octanol–water partition coefficient (Wildman–Crippen LogP) is 8.07. The molecule has 1 amide bonds. The number of nitrogens with zero attached hydrogens (tertiary/aromatic N) is 4. The molecular formula is C32H40Cl2N6O. The molecule has 2 aromatic heterocycles. The summed E-state index contributed by atoms with van der Waals surface area (Å²) < 4.78 is 0. The number of carbonyl (C=O) groups is 1. The number of benzene rings is 2. The summed E-state index contributed by atoms with van der Waals surface area (Å²) in [5, 5.41) is 1.03. The summed E-state index contributed by atoms with van der Waals surface area (Å²) >= 11 is 13.0. The number of halogens is 2. The van der Waals surface area contributed by atoms with Gasteiger partial charge in [-0.15, -0.1) is 0 Å². The molecule has 0 unspecified atom stereocenters. The van der Waals surface area contributed by atoms with E-state index >= 15 is 0 Å². The number of nitrogens with one attached hydrogen (secondary N) is 2. The van der Waals surface area contributed by atoms with E-state index in [0.29, 0.717) is 47.3 Å². The van der Waals surface area contributed by atoms with Gasteiger partial charge in [-0.3, -0.25) is 9.69 Å². The molecule has 4 aromatic rings. The average Bonchev–Trinajstić information content (AvgIpc) is 3.49. The van der Waals surface area contributed by atoms with Gasteiger partial charge in [-0.2, -0.15) is 0 Å². The SMILES string of the molecule is CCCN(C)Cc1nc(-c2ccc(-c3ccc(-c4nc(CN(CCC)C(=O)CC(C)C)[nH]c4Cl)cc3)cc2)c(Cl)[nH]1. The van der Waals surface area contributed by atoms with E-state index in [0.717, 1.165) is 59.7 Å². The smallest absolute Gasteiger partial charge is 0.223 e. The van der Waals surface area contributed by atoms with Crippen molar-refractivity contribution in [1.29, 1.82) is 0 Å². The number of carbonyl (C=O) groups excluding carboxylic acids is 1. The third-order valence-electron chi connectivity index (χ3n) is 6.86. The molecule has 0 fully saturated rings. The highest BCUT2D eigenvalue weighted by Crippen LogP contribution is 2.31. The van der Waals surface area contributed by atoms with Crippen LogP contribution in [0.1, 0.15) is 58.6 Å². The summed E-state index contributed by atoms with van der Waals surface area (Å²) in [4.78, 5) is 32.6. The zero-order valence-corrected chi connectivity index (χ0v) is 26.1. The molecule has 2 N–H and O–H groups in total. The number of hydrogen-bond acceptors (Lipinski definition) is 4. The molecule has 41 heavy (non-hydrogen) atoms. The van der Waals surface area contributed by atoms with Crippen LogP contribution in [0.5, 0.6) is 0 Å². The van der Waals surface area contributed by atoms with E-state index in [2.05, 4.69) is 73.9 Å². The monoisotopic (exact) mass is 594 g/mol. The van der Waals surface area contributed by atoms with Crippen molar-refractivity contribution < 1.29 is 4.79 Å². The summed E-state index contributed by atoms with van der Waals surface area (Å²) in [6, 6.07) is 16.4. The number of amides is 1. The van der Waals surface area contributed by atoms with E-state index in [4.69, 9.17) is 33.2 Å². The van der Waals surface area contributed by atoms with Crippen LogP contribution in [-0.4, -0.2) is 55.8 Å². The first-order valence-electron chi connectivity index (χ1n) is 14.3. The Morgan fingerprint density at radius 3 is 1.63 bits per heavy atom. The Balaban J connectivity index is 1.46. The third-order valence-corrected chi connectivity index (χ3v) is 7.41. The van der Waals surface area contributed by atoms with E-state index in [1.165, 1.54) is 0 Å². The molecular weight excluding hydrogens is 555 g/mol. The maximum atomic E-state index is 12.7. The van der Waals surface area contributed by atoms with Gasteiger partial charge in [0.25, 0.3) is 0 Å². The molecule has 0 saturated carbocycles. The Hall–Kier alpha value is -3.13. The molecule has 218 valence electrons. The zero-order valence-electron chi connectivity index (χ0n) is 24.6. The van der Waals surface area contributed by atoms with E-state index in [9.17, 15) is 4.79 Å². The molecule has 7 nitrogen and oxygen atoms in total. The lowest BCUT2D eigenvalue weighted by Crippen LogP contribution is -2.32. The minimum absolute atomic E-state index is 0.140. The van der Waals surface area contributed by atoms with Gasteiger partial charge in [0.1, 0.15) is 33.3 Å². The summed E-state index contributed by atoms with van der Waals surface area (Å²) in [5.74, 6) is 2.00. The standard InChI is InChI=1S/C32H40Cl2N6O/c1-6-16-39(5)19-26-35-29(31(33)37-26)24-12-8-22(9-13-24)23-10-14-25(15-11-23)30-32(34)38-27(36-30)20-40(17-7-2)28(41)18-21(3)4/h8-15,21H,6-7,16-20H2,1-5H3,(H,35,37)(H,36,38). The van der Waals surface area contributed by atoms with Crippen LogP contribution in [0.15, 0.2) is 48.5 Å². The molecule has 0 aliphatic heterocycles. The average molecular weight is 596 g/mol. The van der Waals surface area contributed by atoms with Crippen LogP contribution in [0, 0.1) is 5.92 Å². The van der Waals surface area contributed by atoms with Crippen molar-refractivity contribution >= 4 is 29.1 Å². The van der Waals surface area contributed by atoms with E-state index in [-0.39, 0.29) is 5.91 Å². The summed E-state index contributed by atoms with van der Waals surface area (Å²) in [7, 11) is 2.08. The maximum Gasteiger partial charge on any atom is 0.223 e. The van der Waals surface area contributed by atoms with Crippen molar-refractivity contribution in [1.82, 2.24) is 29.7 Å². The fourth-order valence-corrected chi connectivity index (χ4v) is 5.43. The highest BCUT2D eigenvalue weighted by molar-refractivity contribution is 6.32. The number of aromatic amines is 2. The number of H-pyrrole nitrogens is 2. The molecule has 0 saturated heterocycles. The predicted molar refractivity (Wildman–Crippen MR) is 169 cm³/mol.